The summed E-state index contributed by atoms with van der Waals surface area (Å²) >= 11 is 0. The van der Waals surface area contributed by atoms with Gasteiger partial charge in [0.2, 0.25) is 5.88 Å². The summed E-state index contributed by atoms with van der Waals surface area (Å²) < 4.78 is 59.0. The molecule has 2 N–H and O–H groups in total. The van der Waals surface area contributed by atoms with Gasteiger partial charge in [-0.2, -0.15) is 13.2 Å². The summed E-state index contributed by atoms with van der Waals surface area (Å²) in [4.78, 5) is 9.25. The van der Waals surface area contributed by atoms with E-state index in [0.29, 0.717) is 44.0 Å². The summed E-state index contributed by atoms with van der Waals surface area (Å²) in [6.07, 6.45) is -1.78. The van der Waals surface area contributed by atoms with E-state index in [4.69, 9.17) is 4.74 Å². The topological polar surface area (TPSA) is 53.2 Å². The Kier molecular flexibility index (Phi) is 7.42. The number of ether oxygens (including phenoxy) is 1. The summed E-state index contributed by atoms with van der Waals surface area (Å²) in [5, 5.41) is 4.13. The summed E-state index contributed by atoms with van der Waals surface area (Å²) in [5.74, 6) is 0.396. The fraction of sp³-hybridized carbons (Fsp3) is 0.480. The molecule has 0 fully saturated rings. The van der Waals surface area contributed by atoms with Gasteiger partial charge in [-0.15, -0.1) is 0 Å². The van der Waals surface area contributed by atoms with E-state index < -0.39 is 18.8 Å². The molecule has 184 valence electrons. The van der Waals surface area contributed by atoms with Crippen molar-refractivity contribution < 1.29 is 22.3 Å². The van der Waals surface area contributed by atoms with Gasteiger partial charge in [-0.25, -0.2) is 4.98 Å². The molecule has 2 aromatic heterocycles. The molecule has 0 amide bonds. The average Bonchev–Trinajstić information content (AvgIpc) is 3.15. The van der Waals surface area contributed by atoms with Crippen molar-refractivity contribution in [2.45, 2.75) is 44.9 Å². The molecule has 4 rings (SSSR count). The normalized spacial score (nSPS) is 18.9. The number of hydrogen-bond acceptors (Lipinski definition) is 4. The van der Waals surface area contributed by atoms with Crippen LogP contribution in [0, 0.1) is 6.92 Å². The maximum Gasteiger partial charge on any atom is 0.401 e. The van der Waals surface area contributed by atoms with Gasteiger partial charge >= 0.3 is 6.18 Å². The first-order valence-corrected chi connectivity index (χ1v) is 11.6. The lowest BCUT2D eigenvalue weighted by Crippen LogP contribution is -2.47. The van der Waals surface area contributed by atoms with Crippen LogP contribution in [0.5, 0.6) is 5.88 Å². The molecule has 34 heavy (non-hydrogen) atoms. The number of halogens is 4. The highest BCUT2D eigenvalue weighted by Gasteiger charge is 2.42. The number of pyridine rings is 1. The van der Waals surface area contributed by atoms with Crippen molar-refractivity contribution in [1.29, 1.82) is 0 Å². The van der Waals surface area contributed by atoms with Gasteiger partial charge in [0.05, 0.1) is 19.3 Å². The maximum absolute atomic E-state index is 13.6. The van der Waals surface area contributed by atoms with Crippen molar-refractivity contribution in [2.75, 3.05) is 32.9 Å². The monoisotopic (exact) mass is 478 g/mol. The second-order valence-electron chi connectivity index (χ2n) is 8.78. The highest BCUT2D eigenvalue weighted by atomic mass is 19.4. The SMILES string of the molecule is Cc1c(C2c3[nH]c4ccccc4c3C[C@@H](C)N2CC(F)(F)F)ccnc1OCCNCCCF. The molecule has 0 spiro atoms. The number of hydrogen-bond donors (Lipinski definition) is 2. The Labute approximate surface area is 196 Å². The van der Waals surface area contributed by atoms with Crippen molar-refractivity contribution in [3.05, 3.63) is 58.9 Å². The molecule has 0 bridgehead atoms. The van der Waals surface area contributed by atoms with E-state index in [1.54, 1.807) is 12.3 Å². The number of rotatable bonds is 9. The van der Waals surface area contributed by atoms with Crippen molar-refractivity contribution in [2.24, 2.45) is 0 Å². The number of H-pyrrole nitrogens is 1. The Balaban J connectivity index is 1.70. The quantitative estimate of drug-likeness (QED) is 0.332. The Hall–Kier alpha value is -2.65. The van der Waals surface area contributed by atoms with Crippen LogP contribution in [0.25, 0.3) is 10.9 Å². The van der Waals surface area contributed by atoms with Crippen LogP contribution < -0.4 is 10.1 Å². The number of nitrogens with one attached hydrogen (secondary N) is 2. The van der Waals surface area contributed by atoms with Crippen LogP contribution >= 0.6 is 0 Å². The molecule has 0 aliphatic carbocycles. The molecule has 9 heteroatoms. The summed E-state index contributed by atoms with van der Waals surface area (Å²) in [6, 6.07) is 8.69. The van der Waals surface area contributed by atoms with Crippen LogP contribution in [0.1, 0.15) is 41.8 Å². The lowest BCUT2D eigenvalue weighted by molar-refractivity contribution is -0.155. The third-order valence-corrected chi connectivity index (χ3v) is 6.38. The van der Waals surface area contributed by atoms with Crippen LogP contribution in [0.3, 0.4) is 0 Å². The Bertz CT molecular complexity index is 1110. The second-order valence-corrected chi connectivity index (χ2v) is 8.78. The number of aromatic amines is 1. The molecular formula is C25H30F4N4O. The highest BCUT2D eigenvalue weighted by Crippen LogP contribution is 2.43. The van der Waals surface area contributed by atoms with Gasteiger partial charge in [0.25, 0.3) is 0 Å². The van der Waals surface area contributed by atoms with E-state index in [1.165, 1.54) is 4.90 Å². The number of benzene rings is 1. The Morgan fingerprint density at radius 1 is 1.21 bits per heavy atom. The third kappa shape index (κ3) is 5.20. The van der Waals surface area contributed by atoms with E-state index in [0.717, 1.165) is 27.7 Å². The fourth-order valence-electron chi connectivity index (χ4n) is 4.80. The average molecular weight is 479 g/mol. The number of fused-ring (bicyclic) bond motifs is 3. The van der Waals surface area contributed by atoms with Crippen molar-refractivity contribution in [1.82, 2.24) is 20.2 Å². The maximum atomic E-state index is 13.6. The standard InChI is InChI=1S/C25H30F4N4O/c1-16-14-20-19-6-3-4-7-21(19)32-22(20)23(33(16)15-25(27,28)29)18-8-11-31-24(17(18)2)34-13-12-30-10-5-9-26/h3-4,6-8,11,16,23,30,32H,5,9-10,12-15H2,1-2H3/t16-,23?/m1/s1. The van der Waals surface area contributed by atoms with Gasteiger partial charge < -0.3 is 15.0 Å². The third-order valence-electron chi connectivity index (χ3n) is 6.38. The zero-order valence-electron chi connectivity index (χ0n) is 19.4. The molecule has 1 aliphatic rings. The molecule has 3 aromatic rings. The molecule has 0 saturated carbocycles. The van der Waals surface area contributed by atoms with E-state index in [2.05, 4.69) is 15.3 Å². The zero-order valence-corrected chi connectivity index (χ0v) is 19.4. The molecule has 0 radical (unpaired) electrons. The Morgan fingerprint density at radius 2 is 2.00 bits per heavy atom. The summed E-state index contributed by atoms with van der Waals surface area (Å²) in [7, 11) is 0. The first-order chi connectivity index (χ1) is 16.3. The second kappa shape index (κ2) is 10.3. The van der Waals surface area contributed by atoms with Crippen molar-refractivity contribution >= 4 is 10.9 Å². The number of para-hydroxylation sites is 1. The minimum atomic E-state index is -4.33. The Morgan fingerprint density at radius 3 is 2.76 bits per heavy atom. The first-order valence-electron chi connectivity index (χ1n) is 11.6. The van der Waals surface area contributed by atoms with Crippen LogP contribution in [-0.2, 0) is 6.42 Å². The van der Waals surface area contributed by atoms with Gasteiger partial charge in [0.1, 0.15) is 6.61 Å². The first kappa shape index (κ1) is 24.5. The highest BCUT2D eigenvalue weighted by molar-refractivity contribution is 5.85. The van der Waals surface area contributed by atoms with E-state index in [9.17, 15) is 17.6 Å². The molecule has 1 unspecified atom stereocenters. The smallest absolute Gasteiger partial charge is 0.401 e. The summed E-state index contributed by atoms with van der Waals surface area (Å²) in [6.45, 7) is 3.71. The number of alkyl halides is 4. The van der Waals surface area contributed by atoms with E-state index >= 15 is 0 Å². The molecule has 3 heterocycles. The molecule has 5 nitrogen and oxygen atoms in total. The predicted molar refractivity (Wildman–Crippen MR) is 124 cm³/mol. The lowest BCUT2D eigenvalue weighted by atomic mass is 9.87. The van der Waals surface area contributed by atoms with E-state index in [-0.39, 0.29) is 12.7 Å². The van der Waals surface area contributed by atoms with Gasteiger partial charge in [-0.05, 0) is 56.5 Å². The van der Waals surface area contributed by atoms with Gasteiger partial charge in [0, 0.05) is 40.9 Å². The lowest BCUT2D eigenvalue weighted by Gasteiger charge is -2.41. The number of aromatic nitrogens is 2. The fourth-order valence-corrected chi connectivity index (χ4v) is 4.80. The summed E-state index contributed by atoms with van der Waals surface area (Å²) in [5.41, 5.74) is 4.21. The van der Waals surface area contributed by atoms with Crippen LogP contribution in [0.15, 0.2) is 36.5 Å². The number of nitrogens with zero attached hydrogens (tertiary/aromatic N) is 2. The largest absolute Gasteiger partial charge is 0.476 e. The van der Waals surface area contributed by atoms with E-state index in [1.807, 2.05) is 38.1 Å². The minimum Gasteiger partial charge on any atom is -0.476 e. The van der Waals surface area contributed by atoms with Crippen LogP contribution in [-0.4, -0.2) is 60.0 Å². The van der Waals surface area contributed by atoms with Crippen molar-refractivity contribution in [3.8, 4) is 5.88 Å². The minimum absolute atomic E-state index is 0.310. The van der Waals surface area contributed by atoms with Gasteiger partial charge in [-0.1, -0.05) is 18.2 Å². The molecule has 2 atom stereocenters. The van der Waals surface area contributed by atoms with Crippen LogP contribution in [0.2, 0.25) is 0 Å². The predicted octanol–water partition coefficient (Wildman–Crippen LogP) is 5.10. The van der Waals surface area contributed by atoms with Crippen LogP contribution in [0.4, 0.5) is 17.6 Å². The van der Waals surface area contributed by atoms with Crippen molar-refractivity contribution in [3.63, 3.8) is 0 Å². The molecule has 0 saturated heterocycles. The molecular weight excluding hydrogens is 448 g/mol. The van der Waals surface area contributed by atoms with Gasteiger partial charge in [-0.3, -0.25) is 9.29 Å². The molecule has 1 aliphatic heterocycles. The zero-order chi connectivity index (χ0) is 24.3. The van der Waals surface area contributed by atoms with Gasteiger partial charge in [0.15, 0.2) is 0 Å². The molecule has 1 aromatic carbocycles.